The average molecular weight is 765 g/mol. The van der Waals surface area contributed by atoms with Crippen LogP contribution in [0.3, 0.4) is 0 Å². The molecule has 2 aromatic rings. The third-order valence-corrected chi connectivity index (χ3v) is 11.7. The number of anilines is 1. The van der Waals surface area contributed by atoms with Crippen molar-refractivity contribution in [1.82, 2.24) is 10.2 Å². The molecule has 274 valence electrons. The van der Waals surface area contributed by atoms with Gasteiger partial charge < -0.3 is 29.7 Å². The number of hydrogen-bond donors (Lipinski definition) is 2. The molecule has 3 heterocycles. The maximum atomic E-state index is 15.1. The number of esters is 1. The average Bonchev–Trinajstić information content (AvgIpc) is 3.72. The summed E-state index contributed by atoms with van der Waals surface area (Å²) in [6.07, 6.45) is 4.20. The van der Waals surface area contributed by atoms with Crippen molar-refractivity contribution in [3.8, 4) is 0 Å². The smallest absolute Gasteiger partial charge is 0.306 e. The van der Waals surface area contributed by atoms with E-state index in [1.807, 2.05) is 76.2 Å². The van der Waals surface area contributed by atoms with Gasteiger partial charge in [0.1, 0.15) is 18.2 Å². The number of fused-ring (bicyclic) bond motifs is 1. The Balaban J connectivity index is 1.55. The molecule has 3 amide bonds. The van der Waals surface area contributed by atoms with E-state index >= 15 is 4.79 Å². The van der Waals surface area contributed by atoms with E-state index in [1.54, 1.807) is 17.1 Å². The highest BCUT2D eigenvalue weighted by Gasteiger charge is 2.77. The van der Waals surface area contributed by atoms with E-state index in [0.717, 1.165) is 16.7 Å². The van der Waals surface area contributed by atoms with Gasteiger partial charge in [0, 0.05) is 23.5 Å². The number of nitrogens with one attached hydrogen (secondary N) is 1. The van der Waals surface area contributed by atoms with Crippen LogP contribution < -0.4 is 10.2 Å². The summed E-state index contributed by atoms with van der Waals surface area (Å²) in [6, 6.07) is 12.6. The van der Waals surface area contributed by atoms with Crippen LogP contribution in [0.4, 0.5) is 5.69 Å². The van der Waals surface area contributed by atoms with E-state index in [4.69, 9.17) is 9.47 Å². The number of ether oxygens (including phenoxy) is 2. The first-order chi connectivity index (χ1) is 24.4. The molecule has 2 aromatic carbocycles. The second kappa shape index (κ2) is 16.3. The third-order valence-electron chi connectivity index (χ3n) is 10.8. The Hall–Kier alpha value is -3.80. The Morgan fingerprint density at radius 3 is 2.55 bits per heavy atom. The molecular weight excluding hydrogens is 714 g/mol. The second-order valence-corrected chi connectivity index (χ2v) is 15.2. The van der Waals surface area contributed by atoms with Gasteiger partial charge in [0.2, 0.25) is 11.8 Å². The van der Waals surface area contributed by atoms with Crippen molar-refractivity contribution in [3.05, 3.63) is 90.5 Å². The molecule has 5 rings (SSSR count). The highest BCUT2D eigenvalue weighted by Crippen LogP contribution is 2.61. The van der Waals surface area contributed by atoms with Crippen LogP contribution in [0.2, 0.25) is 0 Å². The van der Waals surface area contributed by atoms with Gasteiger partial charge in [0.15, 0.2) is 0 Å². The van der Waals surface area contributed by atoms with E-state index in [0.29, 0.717) is 24.9 Å². The number of halogens is 1. The second-order valence-electron chi connectivity index (χ2n) is 14.1. The van der Waals surface area contributed by atoms with Gasteiger partial charge in [-0.05, 0) is 55.4 Å². The van der Waals surface area contributed by atoms with Gasteiger partial charge in [-0.3, -0.25) is 19.2 Å². The summed E-state index contributed by atoms with van der Waals surface area (Å²) in [6.45, 7) is 15.1. The van der Waals surface area contributed by atoms with Crippen molar-refractivity contribution in [3.63, 3.8) is 0 Å². The molecule has 0 aromatic heterocycles. The predicted octanol–water partition coefficient (Wildman–Crippen LogP) is 5.34. The van der Waals surface area contributed by atoms with Gasteiger partial charge in [-0.25, -0.2) is 0 Å². The molecule has 51 heavy (non-hydrogen) atoms. The number of aryl methyl sites for hydroxylation is 2. The lowest BCUT2D eigenvalue weighted by Crippen LogP contribution is -2.60. The zero-order valence-electron chi connectivity index (χ0n) is 29.9. The molecule has 3 aliphatic heterocycles. The molecule has 3 fully saturated rings. The van der Waals surface area contributed by atoms with Crippen LogP contribution in [-0.4, -0.2) is 82.1 Å². The first kappa shape index (κ1) is 38.4. The highest BCUT2D eigenvalue weighted by atomic mass is 79.9. The Bertz CT molecular complexity index is 1630. The van der Waals surface area contributed by atoms with Crippen molar-refractivity contribution in [1.29, 1.82) is 0 Å². The number of hydrogen-bond acceptors (Lipinski definition) is 7. The Morgan fingerprint density at radius 1 is 1.18 bits per heavy atom. The number of carbonyl (C=O) groups excluding carboxylic acids is 4. The molecule has 2 bridgehead atoms. The number of benzene rings is 2. The highest BCUT2D eigenvalue weighted by molar-refractivity contribution is 9.09. The Kier molecular flexibility index (Phi) is 12.2. The van der Waals surface area contributed by atoms with Crippen LogP contribution in [0.25, 0.3) is 0 Å². The minimum Gasteiger partial charge on any atom is -0.463 e. The lowest BCUT2D eigenvalue weighted by Gasteiger charge is -2.41. The van der Waals surface area contributed by atoms with E-state index in [1.165, 1.54) is 4.90 Å². The fourth-order valence-electron chi connectivity index (χ4n) is 8.05. The van der Waals surface area contributed by atoms with E-state index in [2.05, 4.69) is 34.4 Å². The summed E-state index contributed by atoms with van der Waals surface area (Å²) >= 11 is 3.76. The van der Waals surface area contributed by atoms with Crippen LogP contribution in [0.1, 0.15) is 62.3 Å². The van der Waals surface area contributed by atoms with Crippen LogP contribution in [0.15, 0.2) is 73.8 Å². The largest absolute Gasteiger partial charge is 0.463 e. The molecule has 9 atom stereocenters. The summed E-state index contributed by atoms with van der Waals surface area (Å²) < 4.78 is 12.4. The molecule has 0 aliphatic carbocycles. The first-order valence-electron chi connectivity index (χ1n) is 17.8. The number of allylic oxidation sites excluding steroid dienone is 1. The number of carbonyl (C=O) groups is 4. The normalized spacial score (nSPS) is 26.6. The summed E-state index contributed by atoms with van der Waals surface area (Å²) in [5.74, 6) is -3.68. The van der Waals surface area contributed by atoms with Gasteiger partial charge in [-0.2, -0.15) is 0 Å². The lowest BCUT2D eigenvalue weighted by atomic mass is 9.70. The number of likely N-dealkylation sites (tertiary alicyclic amines) is 1. The third kappa shape index (κ3) is 7.30. The molecule has 1 spiro atoms. The maximum absolute atomic E-state index is 15.1. The van der Waals surface area contributed by atoms with E-state index in [-0.39, 0.29) is 48.7 Å². The topological polar surface area (TPSA) is 125 Å². The Morgan fingerprint density at radius 2 is 1.90 bits per heavy atom. The summed E-state index contributed by atoms with van der Waals surface area (Å²) in [5, 5.41) is 13.9. The first-order valence-corrected chi connectivity index (χ1v) is 18.7. The summed E-state index contributed by atoms with van der Waals surface area (Å²) in [5.41, 5.74) is 1.93. The van der Waals surface area contributed by atoms with Crippen LogP contribution in [-0.2, 0) is 28.7 Å². The van der Waals surface area contributed by atoms with Crippen molar-refractivity contribution in [2.45, 2.75) is 88.0 Å². The zero-order valence-corrected chi connectivity index (χ0v) is 31.5. The summed E-state index contributed by atoms with van der Waals surface area (Å²) in [7, 11) is 0. The lowest BCUT2D eigenvalue weighted by molar-refractivity contribution is -0.147. The summed E-state index contributed by atoms with van der Waals surface area (Å²) in [4.78, 5) is 59.9. The van der Waals surface area contributed by atoms with Crippen LogP contribution in [0, 0.1) is 31.6 Å². The molecule has 3 aliphatic rings. The number of nitrogens with zero attached hydrogens (tertiary/aromatic N) is 2. The van der Waals surface area contributed by atoms with Crippen molar-refractivity contribution >= 4 is 45.3 Å². The molecule has 0 radical (unpaired) electrons. The van der Waals surface area contributed by atoms with E-state index < -0.39 is 53.5 Å². The Labute approximate surface area is 309 Å². The van der Waals surface area contributed by atoms with Crippen molar-refractivity contribution in [2.24, 2.45) is 17.8 Å². The van der Waals surface area contributed by atoms with Gasteiger partial charge in [-0.1, -0.05) is 90.8 Å². The molecule has 11 heteroatoms. The minimum atomic E-state index is -1.34. The number of rotatable bonds is 16. The number of alkyl halides is 1. The van der Waals surface area contributed by atoms with Crippen LogP contribution >= 0.6 is 15.9 Å². The fourth-order valence-corrected chi connectivity index (χ4v) is 9.00. The maximum Gasteiger partial charge on any atom is 0.306 e. The van der Waals surface area contributed by atoms with E-state index in [9.17, 15) is 19.5 Å². The number of amides is 3. The quantitative estimate of drug-likeness (QED) is 0.134. The number of aliphatic hydroxyl groups is 1. The number of aliphatic hydroxyl groups excluding tert-OH is 1. The molecule has 0 saturated carbocycles. The van der Waals surface area contributed by atoms with Gasteiger partial charge >= 0.3 is 5.97 Å². The van der Waals surface area contributed by atoms with Crippen molar-refractivity contribution < 1.29 is 33.8 Å². The molecular formula is C40H50BrN3O7. The zero-order chi connectivity index (χ0) is 37.0. The van der Waals surface area contributed by atoms with Crippen LogP contribution in [0.5, 0.6) is 0 Å². The predicted molar refractivity (Wildman–Crippen MR) is 199 cm³/mol. The van der Waals surface area contributed by atoms with Gasteiger partial charge in [0.05, 0.1) is 36.6 Å². The standard InChI is InChI=1S/C40H50BrN3O7/c1-7-10-16-32(46)50-23-29(27-14-12-11-13-15-27)42-37(47)33-34-38(48)44(31(22-45)25(5)9-3)36(40(34)21-28(41)35(33)51-40)39(49)43(19-8-2)30-20-24(4)17-18-26(30)6/h7-8,11-15,17-18,20,25,28-29,31,33-36,45H,1-2,9-10,16,19,21-23H2,3-6H3,(H,42,47)/t25-,28?,29+,31-,33-,34+,35-,36-,40+/m0/s1. The van der Waals surface area contributed by atoms with Gasteiger partial charge in [0.25, 0.3) is 5.91 Å². The molecule has 10 nitrogen and oxygen atoms in total. The van der Waals surface area contributed by atoms with Crippen molar-refractivity contribution in [2.75, 3.05) is 24.7 Å². The molecule has 2 N–H and O–H groups in total. The van der Waals surface area contributed by atoms with Gasteiger partial charge in [-0.15, -0.1) is 13.2 Å². The SMILES string of the molecule is C=CCCC(=O)OC[C@@H](NC(=O)[C@@H]1[C@H]2O[C@@]3(CC2Br)[C@H](C(=O)N(CC=C)c2cc(C)ccc2C)N([C@@H](CO)[C@@H](C)CC)C(=O)[C@@H]13)c1ccccc1. The fraction of sp³-hybridized carbons (Fsp3) is 0.500. The molecule has 1 unspecified atom stereocenters. The minimum absolute atomic E-state index is 0.105. The monoisotopic (exact) mass is 763 g/mol. The molecule has 3 saturated heterocycles.